The molecule has 0 radical (unpaired) electrons. The van der Waals surface area contributed by atoms with Crippen LogP contribution in [-0.2, 0) is 0 Å². The Morgan fingerprint density at radius 2 is 1.23 bits per heavy atom. The predicted molar refractivity (Wildman–Crippen MR) is 95.4 cm³/mol. The van der Waals surface area contributed by atoms with Gasteiger partial charge in [-0.3, -0.25) is 0 Å². The van der Waals surface area contributed by atoms with Crippen molar-refractivity contribution in [2.24, 2.45) is 0 Å². The standard InChI is InChI=1S/C21H20O/c1-18(16-19-11-4-2-5-12-19)10-8-9-15-21(22)17-20-13-6-3-7-14-20/h2-17,22H,1H3/b10-8+,15-9+,18-16?,21-17?. The fraction of sp³-hybridized carbons (Fsp3) is 0.0476. The molecule has 0 spiro atoms. The largest absolute Gasteiger partial charge is 0.508 e. The average Bonchev–Trinajstić information content (AvgIpc) is 2.53. The molecule has 0 atom stereocenters. The summed E-state index contributed by atoms with van der Waals surface area (Å²) >= 11 is 0. The fourth-order valence-electron chi connectivity index (χ4n) is 1.99. The minimum Gasteiger partial charge on any atom is -0.508 e. The molecule has 2 rings (SSSR count). The van der Waals surface area contributed by atoms with Crippen LogP contribution in [0.5, 0.6) is 0 Å². The Hall–Kier alpha value is -2.80. The van der Waals surface area contributed by atoms with Crippen LogP contribution in [0.2, 0.25) is 0 Å². The molecule has 0 aliphatic rings. The molecule has 1 heteroatoms. The highest BCUT2D eigenvalue weighted by Crippen LogP contribution is 2.08. The first kappa shape index (κ1) is 15.6. The van der Waals surface area contributed by atoms with Crippen LogP contribution in [-0.4, -0.2) is 5.11 Å². The van der Waals surface area contributed by atoms with E-state index in [0.29, 0.717) is 0 Å². The van der Waals surface area contributed by atoms with E-state index >= 15 is 0 Å². The molecule has 0 bridgehead atoms. The number of aliphatic hydroxyl groups excluding tert-OH is 1. The third-order valence-corrected chi connectivity index (χ3v) is 3.05. The summed E-state index contributed by atoms with van der Waals surface area (Å²) in [6, 6.07) is 19.9. The molecule has 2 aromatic carbocycles. The molecular formula is C21H20O. The molecule has 0 aliphatic heterocycles. The molecule has 0 saturated heterocycles. The maximum absolute atomic E-state index is 9.83. The Kier molecular flexibility index (Phi) is 6.01. The van der Waals surface area contributed by atoms with Gasteiger partial charge in [-0.1, -0.05) is 90.5 Å². The highest BCUT2D eigenvalue weighted by molar-refractivity contribution is 5.55. The van der Waals surface area contributed by atoms with Crippen LogP contribution < -0.4 is 0 Å². The van der Waals surface area contributed by atoms with E-state index in [1.54, 1.807) is 12.2 Å². The van der Waals surface area contributed by atoms with Crippen LogP contribution in [0.15, 0.2) is 96.3 Å². The lowest BCUT2D eigenvalue weighted by Gasteiger charge is -1.94. The van der Waals surface area contributed by atoms with Crippen molar-refractivity contribution in [3.05, 3.63) is 107 Å². The second kappa shape index (κ2) is 8.48. The quantitative estimate of drug-likeness (QED) is 0.544. The highest BCUT2D eigenvalue weighted by Gasteiger charge is 1.88. The summed E-state index contributed by atoms with van der Waals surface area (Å²) in [4.78, 5) is 0. The average molecular weight is 288 g/mol. The number of aliphatic hydroxyl groups is 1. The van der Waals surface area contributed by atoms with Crippen molar-refractivity contribution in [2.45, 2.75) is 6.92 Å². The lowest BCUT2D eigenvalue weighted by Crippen LogP contribution is -1.75. The van der Waals surface area contributed by atoms with Crippen LogP contribution in [0.4, 0.5) is 0 Å². The van der Waals surface area contributed by atoms with E-state index in [1.165, 1.54) is 5.56 Å². The SMILES string of the molecule is CC(=Cc1ccccc1)/C=C/C=C/C(O)=Cc1ccccc1. The smallest absolute Gasteiger partial charge is 0.116 e. The van der Waals surface area contributed by atoms with E-state index in [0.717, 1.165) is 11.1 Å². The van der Waals surface area contributed by atoms with Gasteiger partial charge in [0.25, 0.3) is 0 Å². The third-order valence-electron chi connectivity index (χ3n) is 3.05. The Balaban J connectivity index is 1.94. The number of benzene rings is 2. The van der Waals surface area contributed by atoms with E-state index < -0.39 is 0 Å². The van der Waals surface area contributed by atoms with E-state index in [-0.39, 0.29) is 5.76 Å². The predicted octanol–water partition coefficient (Wildman–Crippen LogP) is 5.80. The van der Waals surface area contributed by atoms with Crippen LogP contribution >= 0.6 is 0 Å². The molecule has 2 aromatic rings. The van der Waals surface area contributed by atoms with Gasteiger partial charge in [0.2, 0.25) is 0 Å². The molecule has 1 N–H and O–H groups in total. The second-order valence-corrected chi connectivity index (χ2v) is 5.00. The van der Waals surface area contributed by atoms with Crippen LogP contribution in [0.1, 0.15) is 18.1 Å². The molecule has 0 heterocycles. The van der Waals surface area contributed by atoms with Crippen molar-refractivity contribution in [3.63, 3.8) is 0 Å². The molecule has 1 nitrogen and oxygen atoms in total. The molecule has 110 valence electrons. The minimum atomic E-state index is 0.237. The van der Waals surface area contributed by atoms with Crippen molar-refractivity contribution in [1.29, 1.82) is 0 Å². The first-order valence-corrected chi connectivity index (χ1v) is 7.28. The van der Waals surface area contributed by atoms with E-state index in [9.17, 15) is 5.11 Å². The summed E-state index contributed by atoms with van der Waals surface area (Å²) in [5, 5.41) is 9.83. The first-order chi connectivity index (χ1) is 10.7. The van der Waals surface area contributed by atoms with Gasteiger partial charge >= 0.3 is 0 Å². The second-order valence-electron chi connectivity index (χ2n) is 5.00. The maximum Gasteiger partial charge on any atom is 0.116 e. The first-order valence-electron chi connectivity index (χ1n) is 7.28. The number of hydrogen-bond donors (Lipinski definition) is 1. The molecule has 0 aliphatic carbocycles. The van der Waals surface area contributed by atoms with Gasteiger partial charge in [-0.15, -0.1) is 0 Å². The van der Waals surface area contributed by atoms with Crippen molar-refractivity contribution in [2.75, 3.05) is 0 Å². The summed E-state index contributed by atoms with van der Waals surface area (Å²) in [7, 11) is 0. The zero-order valence-corrected chi connectivity index (χ0v) is 12.7. The molecule has 0 saturated carbocycles. The van der Waals surface area contributed by atoms with Gasteiger partial charge in [-0.25, -0.2) is 0 Å². The summed E-state index contributed by atoms with van der Waals surface area (Å²) in [6.07, 6.45) is 11.3. The fourth-order valence-corrected chi connectivity index (χ4v) is 1.99. The number of allylic oxidation sites excluding steroid dienone is 5. The van der Waals surface area contributed by atoms with Crippen molar-refractivity contribution < 1.29 is 5.11 Å². The van der Waals surface area contributed by atoms with Crippen LogP contribution in [0.3, 0.4) is 0 Å². The third kappa shape index (κ3) is 5.68. The van der Waals surface area contributed by atoms with Gasteiger partial charge in [0.1, 0.15) is 5.76 Å². The summed E-state index contributed by atoms with van der Waals surface area (Å²) in [5.74, 6) is 0.237. The minimum absolute atomic E-state index is 0.237. The van der Waals surface area contributed by atoms with Crippen molar-refractivity contribution >= 4 is 12.2 Å². The molecule has 0 unspecified atom stereocenters. The normalized spacial score (nSPS) is 13.1. The summed E-state index contributed by atoms with van der Waals surface area (Å²) in [5.41, 5.74) is 3.32. The summed E-state index contributed by atoms with van der Waals surface area (Å²) in [6.45, 7) is 2.05. The van der Waals surface area contributed by atoms with Gasteiger partial charge in [0.05, 0.1) is 0 Å². The van der Waals surface area contributed by atoms with Gasteiger partial charge in [0.15, 0.2) is 0 Å². The molecular weight excluding hydrogens is 268 g/mol. The lowest BCUT2D eigenvalue weighted by molar-refractivity contribution is 0.437. The van der Waals surface area contributed by atoms with Crippen molar-refractivity contribution in [3.8, 4) is 0 Å². The van der Waals surface area contributed by atoms with Gasteiger partial charge in [0, 0.05) is 0 Å². The highest BCUT2D eigenvalue weighted by atomic mass is 16.3. The molecule has 22 heavy (non-hydrogen) atoms. The van der Waals surface area contributed by atoms with Crippen molar-refractivity contribution in [1.82, 2.24) is 0 Å². The van der Waals surface area contributed by atoms with Gasteiger partial charge in [-0.2, -0.15) is 0 Å². The topological polar surface area (TPSA) is 20.2 Å². The lowest BCUT2D eigenvalue weighted by atomic mass is 10.1. The monoisotopic (exact) mass is 288 g/mol. The Labute approximate surface area is 132 Å². The number of hydrogen-bond acceptors (Lipinski definition) is 1. The van der Waals surface area contributed by atoms with E-state index in [4.69, 9.17) is 0 Å². The van der Waals surface area contributed by atoms with Crippen LogP contribution in [0.25, 0.3) is 12.2 Å². The van der Waals surface area contributed by atoms with Crippen LogP contribution in [0, 0.1) is 0 Å². The maximum atomic E-state index is 9.83. The van der Waals surface area contributed by atoms with E-state index in [2.05, 4.69) is 25.1 Å². The van der Waals surface area contributed by atoms with Gasteiger partial charge < -0.3 is 5.11 Å². The van der Waals surface area contributed by atoms with E-state index in [1.807, 2.05) is 66.8 Å². The molecule has 0 amide bonds. The zero-order chi connectivity index (χ0) is 15.6. The Morgan fingerprint density at radius 3 is 1.82 bits per heavy atom. The zero-order valence-electron chi connectivity index (χ0n) is 12.7. The van der Waals surface area contributed by atoms with Gasteiger partial charge in [-0.05, 0) is 30.2 Å². The summed E-state index contributed by atoms with van der Waals surface area (Å²) < 4.78 is 0. The number of rotatable bonds is 5. The Morgan fingerprint density at radius 1 is 0.727 bits per heavy atom. The molecule has 0 aromatic heterocycles. The Bertz CT molecular complexity index is 626. The molecule has 0 fully saturated rings.